The van der Waals surface area contributed by atoms with Crippen molar-refractivity contribution >= 4 is 17.3 Å². The quantitative estimate of drug-likeness (QED) is 0.918. The van der Waals surface area contributed by atoms with Crippen LogP contribution in [0.2, 0.25) is 0 Å². The van der Waals surface area contributed by atoms with Crippen molar-refractivity contribution in [2.75, 3.05) is 43.4 Å². The Morgan fingerprint density at radius 1 is 0.923 bits per heavy atom. The van der Waals surface area contributed by atoms with E-state index in [2.05, 4.69) is 46.4 Å². The van der Waals surface area contributed by atoms with Crippen molar-refractivity contribution in [1.29, 1.82) is 0 Å². The van der Waals surface area contributed by atoms with Gasteiger partial charge < -0.3 is 15.1 Å². The van der Waals surface area contributed by atoms with Gasteiger partial charge in [-0.3, -0.25) is 4.79 Å². The lowest BCUT2D eigenvalue weighted by Crippen LogP contribution is -2.46. The number of benzene rings is 2. The molecule has 136 valence electrons. The van der Waals surface area contributed by atoms with Crippen LogP contribution in [0, 0.1) is 0 Å². The van der Waals surface area contributed by atoms with Crippen molar-refractivity contribution in [2.24, 2.45) is 0 Å². The van der Waals surface area contributed by atoms with E-state index in [1.807, 2.05) is 30.3 Å². The standard InChI is InChI=1S/C22H27N3O/c1-24-14-16-25(17-15-24)20-10-8-19(9-11-20)23-21(26)22(12-5-13-22)18-6-3-2-4-7-18/h2-4,6-11H,5,12-17H2,1H3,(H,23,26). The molecule has 4 rings (SSSR count). The maximum absolute atomic E-state index is 13.0. The van der Waals surface area contributed by atoms with Gasteiger partial charge in [-0.2, -0.15) is 0 Å². The minimum atomic E-state index is -0.350. The molecule has 1 N–H and O–H groups in total. The normalized spacial score (nSPS) is 19.7. The third kappa shape index (κ3) is 3.21. The van der Waals surface area contributed by atoms with E-state index in [9.17, 15) is 4.79 Å². The average Bonchev–Trinajstić information content (AvgIpc) is 2.63. The van der Waals surface area contributed by atoms with E-state index in [4.69, 9.17) is 0 Å². The van der Waals surface area contributed by atoms with Crippen molar-refractivity contribution in [3.05, 3.63) is 60.2 Å². The summed E-state index contributed by atoms with van der Waals surface area (Å²) >= 11 is 0. The summed E-state index contributed by atoms with van der Waals surface area (Å²) in [7, 11) is 2.17. The number of hydrogen-bond acceptors (Lipinski definition) is 3. The molecule has 0 atom stereocenters. The first-order valence-electron chi connectivity index (χ1n) is 9.58. The van der Waals surface area contributed by atoms with Crippen molar-refractivity contribution in [3.63, 3.8) is 0 Å². The van der Waals surface area contributed by atoms with Gasteiger partial charge in [0.2, 0.25) is 5.91 Å². The molecule has 1 saturated heterocycles. The number of nitrogens with zero attached hydrogens (tertiary/aromatic N) is 2. The molecule has 0 unspecified atom stereocenters. The molecule has 0 radical (unpaired) electrons. The highest BCUT2D eigenvalue weighted by Gasteiger charge is 2.45. The largest absolute Gasteiger partial charge is 0.369 e. The van der Waals surface area contributed by atoms with Crippen LogP contribution in [0.25, 0.3) is 0 Å². The molecule has 1 amide bonds. The smallest absolute Gasteiger partial charge is 0.235 e. The van der Waals surface area contributed by atoms with Gasteiger partial charge in [0.05, 0.1) is 5.41 Å². The van der Waals surface area contributed by atoms with Crippen LogP contribution in [0.1, 0.15) is 24.8 Å². The molecule has 1 aliphatic heterocycles. The molecule has 0 bridgehead atoms. The number of likely N-dealkylation sites (N-methyl/N-ethyl adjacent to an activating group) is 1. The Morgan fingerprint density at radius 2 is 1.58 bits per heavy atom. The van der Waals surface area contributed by atoms with Crippen molar-refractivity contribution in [2.45, 2.75) is 24.7 Å². The highest BCUT2D eigenvalue weighted by atomic mass is 16.2. The lowest BCUT2D eigenvalue weighted by Gasteiger charge is -2.40. The number of carbonyl (C=O) groups excluding carboxylic acids is 1. The molecule has 0 spiro atoms. The van der Waals surface area contributed by atoms with Crippen LogP contribution < -0.4 is 10.2 Å². The van der Waals surface area contributed by atoms with Gasteiger partial charge in [0.25, 0.3) is 0 Å². The summed E-state index contributed by atoms with van der Waals surface area (Å²) < 4.78 is 0. The highest BCUT2D eigenvalue weighted by Crippen LogP contribution is 2.44. The van der Waals surface area contributed by atoms with E-state index >= 15 is 0 Å². The number of hydrogen-bond donors (Lipinski definition) is 1. The predicted molar refractivity (Wildman–Crippen MR) is 107 cm³/mol. The fourth-order valence-corrected chi connectivity index (χ4v) is 4.01. The zero-order chi connectivity index (χ0) is 18.0. The van der Waals surface area contributed by atoms with E-state index in [0.717, 1.165) is 56.7 Å². The minimum Gasteiger partial charge on any atom is -0.369 e. The number of rotatable bonds is 4. The summed E-state index contributed by atoms with van der Waals surface area (Å²) in [6.07, 6.45) is 2.98. The Kier molecular flexibility index (Phi) is 4.68. The second-order valence-electron chi connectivity index (χ2n) is 7.59. The van der Waals surface area contributed by atoms with Crippen molar-refractivity contribution in [3.8, 4) is 0 Å². The van der Waals surface area contributed by atoms with Crippen LogP contribution in [-0.4, -0.2) is 44.0 Å². The van der Waals surface area contributed by atoms with Gasteiger partial charge in [-0.15, -0.1) is 0 Å². The Balaban J connectivity index is 1.45. The molecular formula is C22H27N3O. The topological polar surface area (TPSA) is 35.6 Å². The third-order valence-electron chi connectivity index (χ3n) is 5.96. The number of carbonyl (C=O) groups is 1. The van der Waals surface area contributed by atoms with Crippen LogP contribution in [-0.2, 0) is 10.2 Å². The maximum Gasteiger partial charge on any atom is 0.235 e. The molecular weight excluding hydrogens is 322 g/mol. The molecule has 4 nitrogen and oxygen atoms in total. The molecule has 2 aliphatic rings. The molecule has 0 aromatic heterocycles. The van der Waals surface area contributed by atoms with E-state index < -0.39 is 0 Å². The second kappa shape index (κ2) is 7.12. The Hall–Kier alpha value is -2.33. The zero-order valence-corrected chi connectivity index (χ0v) is 15.4. The summed E-state index contributed by atoms with van der Waals surface area (Å²) in [5, 5.41) is 3.15. The van der Waals surface area contributed by atoms with Gasteiger partial charge in [-0.05, 0) is 49.7 Å². The molecule has 1 heterocycles. The van der Waals surface area contributed by atoms with Gasteiger partial charge in [0.1, 0.15) is 0 Å². The third-order valence-corrected chi connectivity index (χ3v) is 5.96. The predicted octanol–water partition coefficient (Wildman–Crippen LogP) is 3.50. The van der Waals surface area contributed by atoms with Crippen LogP contribution in [0.15, 0.2) is 54.6 Å². The summed E-state index contributed by atoms with van der Waals surface area (Å²) in [6, 6.07) is 18.5. The maximum atomic E-state index is 13.0. The van der Waals surface area contributed by atoms with E-state index in [0.29, 0.717) is 0 Å². The fourth-order valence-electron chi connectivity index (χ4n) is 4.01. The van der Waals surface area contributed by atoms with Crippen molar-refractivity contribution in [1.82, 2.24) is 4.90 Å². The molecule has 2 aromatic rings. The Bertz CT molecular complexity index is 745. The van der Waals surface area contributed by atoms with Crippen LogP contribution in [0.5, 0.6) is 0 Å². The summed E-state index contributed by atoms with van der Waals surface area (Å²) in [5.41, 5.74) is 2.91. The Labute approximate surface area is 155 Å². The number of amides is 1. The average molecular weight is 349 g/mol. The Morgan fingerprint density at radius 3 is 2.15 bits per heavy atom. The van der Waals surface area contributed by atoms with Gasteiger partial charge in [0.15, 0.2) is 0 Å². The molecule has 26 heavy (non-hydrogen) atoms. The molecule has 2 aromatic carbocycles. The van der Waals surface area contributed by atoms with Crippen LogP contribution >= 0.6 is 0 Å². The van der Waals surface area contributed by atoms with Gasteiger partial charge in [-0.25, -0.2) is 0 Å². The molecule has 2 fully saturated rings. The summed E-state index contributed by atoms with van der Waals surface area (Å²) in [5.74, 6) is 0.127. The SMILES string of the molecule is CN1CCN(c2ccc(NC(=O)C3(c4ccccc4)CCC3)cc2)CC1. The number of piperazine rings is 1. The molecule has 4 heteroatoms. The molecule has 1 saturated carbocycles. The van der Waals surface area contributed by atoms with Crippen LogP contribution in [0.4, 0.5) is 11.4 Å². The van der Waals surface area contributed by atoms with Crippen molar-refractivity contribution < 1.29 is 4.79 Å². The lowest BCUT2D eigenvalue weighted by molar-refractivity contribution is -0.124. The highest BCUT2D eigenvalue weighted by molar-refractivity contribution is 6.00. The first kappa shape index (κ1) is 17.1. The van der Waals surface area contributed by atoms with Crippen LogP contribution in [0.3, 0.4) is 0 Å². The zero-order valence-electron chi connectivity index (χ0n) is 15.4. The van der Waals surface area contributed by atoms with E-state index in [-0.39, 0.29) is 11.3 Å². The van der Waals surface area contributed by atoms with Gasteiger partial charge in [0, 0.05) is 37.6 Å². The van der Waals surface area contributed by atoms with E-state index in [1.165, 1.54) is 5.69 Å². The first-order valence-corrected chi connectivity index (χ1v) is 9.58. The number of nitrogens with one attached hydrogen (secondary N) is 1. The molecule has 1 aliphatic carbocycles. The summed E-state index contributed by atoms with van der Waals surface area (Å²) in [4.78, 5) is 17.8. The van der Waals surface area contributed by atoms with Gasteiger partial charge >= 0.3 is 0 Å². The van der Waals surface area contributed by atoms with E-state index in [1.54, 1.807) is 0 Å². The fraction of sp³-hybridized carbons (Fsp3) is 0.409. The second-order valence-corrected chi connectivity index (χ2v) is 7.59. The number of anilines is 2. The summed E-state index contributed by atoms with van der Waals surface area (Å²) in [6.45, 7) is 4.30. The minimum absolute atomic E-state index is 0.127. The lowest BCUT2D eigenvalue weighted by atomic mass is 9.64. The first-order chi connectivity index (χ1) is 12.7. The van der Waals surface area contributed by atoms with Gasteiger partial charge in [-0.1, -0.05) is 36.8 Å². The monoisotopic (exact) mass is 349 g/mol.